The summed E-state index contributed by atoms with van der Waals surface area (Å²) < 4.78 is 13.3. The van der Waals surface area contributed by atoms with E-state index < -0.39 is 5.82 Å². The van der Waals surface area contributed by atoms with Crippen molar-refractivity contribution in [3.05, 3.63) is 64.4 Å². The molecule has 0 aliphatic rings. The van der Waals surface area contributed by atoms with E-state index in [2.05, 4.69) is 0 Å². The van der Waals surface area contributed by atoms with Crippen LogP contribution in [0.1, 0.15) is 22.8 Å². The van der Waals surface area contributed by atoms with Gasteiger partial charge in [0.25, 0.3) is 5.91 Å². The molecule has 21 heavy (non-hydrogen) atoms. The number of hydrogen-bond donors (Lipinski definition) is 1. The van der Waals surface area contributed by atoms with Crippen LogP contribution in [-0.4, -0.2) is 17.4 Å². The van der Waals surface area contributed by atoms with Crippen molar-refractivity contribution in [1.82, 2.24) is 4.90 Å². The van der Waals surface area contributed by atoms with Gasteiger partial charge in [0.1, 0.15) is 5.82 Å². The van der Waals surface area contributed by atoms with E-state index in [9.17, 15) is 9.18 Å². The van der Waals surface area contributed by atoms with E-state index in [4.69, 9.17) is 17.3 Å². The lowest BCUT2D eigenvalue weighted by Gasteiger charge is -2.22. The highest BCUT2D eigenvalue weighted by Gasteiger charge is 2.18. The van der Waals surface area contributed by atoms with Gasteiger partial charge in [0.15, 0.2) is 0 Å². The van der Waals surface area contributed by atoms with Crippen molar-refractivity contribution in [3.63, 3.8) is 0 Å². The topological polar surface area (TPSA) is 46.3 Å². The first-order valence-corrected chi connectivity index (χ1v) is 6.97. The summed E-state index contributed by atoms with van der Waals surface area (Å²) in [5.41, 5.74) is 7.12. The molecule has 0 heterocycles. The maximum atomic E-state index is 13.3. The summed E-state index contributed by atoms with van der Waals surface area (Å²) in [6.45, 7) is 2.74. The van der Waals surface area contributed by atoms with Crippen molar-refractivity contribution < 1.29 is 9.18 Å². The molecule has 0 saturated carbocycles. The van der Waals surface area contributed by atoms with Crippen molar-refractivity contribution in [3.8, 4) is 0 Å². The van der Waals surface area contributed by atoms with Gasteiger partial charge in [-0.2, -0.15) is 0 Å². The SMILES string of the molecule is CCN(Cc1cccc(Cl)c1)C(=O)c1cc(F)ccc1N. The number of nitrogens with two attached hydrogens (primary N) is 1. The first-order valence-electron chi connectivity index (χ1n) is 6.60. The Labute approximate surface area is 128 Å². The third-order valence-corrected chi connectivity index (χ3v) is 3.41. The molecule has 0 saturated heterocycles. The van der Waals surface area contributed by atoms with Crippen LogP contribution in [0.15, 0.2) is 42.5 Å². The summed E-state index contributed by atoms with van der Waals surface area (Å²) in [6, 6.07) is 11.1. The van der Waals surface area contributed by atoms with Crippen LogP contribution in [0, 0.1) is 5.82 Å². The molecule has 0 bridgehead atoms. The Kier molecular flexibility index (Phi) is 4.81. The molecule has 0 spiro atoms. The molecule has 0 aliphatic heterocycles. The molecule has 110 valence electrons. The molecule has 0 atom stereocenters. The van der Waals surface area contributed by atoms with Gasteiger partial charge in [0.05, 0.1) is 5.56 Å². The van der Waals surface area contributed by atoms with Crippen LogP contribution in [0.5, 0.6) is 0 Å². The molecule has 2 aromatic carbocycles. The van der Waals surface area contributed by atoms with Crippen LogP contribution in [0.25, 0.3) is 0 Å². The number of rotatable bonds is 4. The van der Waals surface area contributed by atoms with Gasteiger partial charge in [0.2, 0.25) is 0 Å². The number of carbonyl (C=O) groups is 1. The van der Waals surface area contributed by atoms with Gasteiger partial charge in [0, 0.05) is 23.8 Å². The fourth-order valence-corrected chi connectivity index (χ4v) is 2.28. The fourth-order valence-electron chi connectivity index (χ4n) is 2.07. The molecule has 2 N–H and O–H groups in total. The van der Waals surface area contributed by atoms with E-state index in [1.54, 1.807) is 17.0 Å². The quantitative estimate of drug-likeness (QED) is 0.875. The smallest absolute Gasteiger partial charge is 0.256 e. The molecule has 3 nitrogen and oxygen atoms in total. The highest BCUT2D eigenvalue weighted by Crippen LogP contribution is 2.18. The monoisotopic (exact) mass is 306 g/mol. The zero-order chi connectivity index (χ0) is 15.4. The molecular weight excluding hydrogens is 291 g/mol. The first kappa shape index (κ1) is 15.3. The van der Waals surface area contributed by atoms with E-state index >= 15 is 0 Å². The molecule has 2 rings (SSSR count). The Bertz CT molecular complexity index is 660. The molecular formula is C16H16ClFN2O. The second-order valence-electron chi connectivity index (χ2n) is 4.68. The molecule has 0 fully saturated rings. The third kappa shape index (κ3) is 3.73. The Morgan fingerprint density at radius 1 is 1.29 bits per heavy atom. The predicted molar refractivity (Wildman–Crippen MR) is 82.7 cm³/mol. The minimum absolute atomic E-state index is 0.180. The Morgan fingerprint density at radius 3 is 2.71 bits per heavy atom. The molecule has 5 heteroatoms. The predicted octanol–water partition coefficient (Wildman–Crippen LogP) is 3.72. The van der Waals surface area contributed by atoms with Crippen molar-refractivity contribution in [1.29, 1.82) is 0 Å². The number of carbonyl (C=O) groups excluding carboxylic acids is 1. The highest BCUT2D eigenvalue weighted by molar-refractivity contribution is 6.30. The largest absolute Gasteiger partial charge is 0.398 e. The Balaban J connectivity index is 2.24. The van der Waals surface area contributed by atoms with E-state index in [-0.39, 0.29) is 17.2 Å². The summed E-state index contributed by atoms with van der Waals surface area (Å²) >= 11 is 5.94. The van der Waals surface area contributed by atoms with Crippen molar-refractivity contribution >= 4 is 23.2 Å². The standard InChI is InChI=1S/C16H16ClFN2O/c1-2-20(10-11-4-3-5-12(17)8-11)16(21)14-9-13(18)6-7-15(14)19/h3-9H,2,10,19H2,1H3. The molecule has 0 radical (unpaired) electrons. The number of amides is 1. The van der Waals surface area contributed by atoms with Crippen LogP contribution in [-0.2, 0) is 6.54 Å². The summed E-state index contributed by atoms with van der Waals surface area (Å²) in [4.78, 5) is 14.1. The molecule has 0 aliphatic carbocycles. The van der Waals surface area contributed by atoms with Crippen molar-refractivity contribution in [2.75, 3.05) is 12.3 Å². The molecule has 1 amide bonds. The Hall–Kier alpha value is -2.07. The second-order valence-corrected chi connectivity index (χ2v) is 5.12. The minimum atomic E-state index is -0.480. The summed E-state index contributed by atoms with van der Waals surface area (Å²) in [7, 11) is 0. The maximum absolute atomic E-state index is 13.3. The number of anilines is 1. The lowest BCUT2D eigenvalue weighted by atomic mass is 10.1. The van der Waals surface area contributed by atoms with Gasteiger partial charge in [-0.05, 0) is 42.8 Å². The zero-order valence-corrected chi connectivity index (χ0v) is 12.4. The van der Waals surface area contributed by atoms with Gasteiger partial charge in [-0.15, -0.1) is 0 Å². The van der Waals surface area contributed by atoms with Crippen molar-refractivity contribution in [2.24, 2.45) is 0 Å². The number of nitrogens with zero attached hydrogens (tertiary/aromatic N) is 1. The lowest BCUT2D eigenvalue weighted by molar-refractivity contribution is 0.0753. The average molecular weight is 307 g/mol. The van der Waals surface area contributed by atoms with Crippen LogP contribution in [0.3, 0.4) is 0 Å². The first-order chi connectivity index (χ1) is 10.0. The molecule has 0 aromatic heterocycles. The zero-order valence-electron chi connectivity index (χ0n) is 11.6. The maximum Gasteiger partial charge on any atom is 0.256 e. The van der Waals surface area contributed by atoms with E-state index in [0.717, 1.165) is 11.6 Å². The minimum Gasteiger partial charge on any atom is -0.398 e. The fraction of sp³-hybridized carbons (Fsp3) is 0.188. The second kappa shape index (κ2) is 6.59. The van der Waals surface area contributed by atoms with Crippen LogP contribution < -0.4 is 5.73 Å². The number of benzene rings is 2. The van der Waals surface area contributed by atoms with Crippen LogP contribution in [0.4, 0.5) is 10.1 Å². The third-order valence-electron chi connectivity index (χ3n) is 3.18. The lowest BCUT2D eigenvalue weighted by Crippen LogP contribution is -2.31. The van der Waals surface area contributed by atoms with Gasteiger partial charge in [-0.25, -0.2) is 4.39 Å². The van der Waals surface area contributed by atoms with E-state index in [1.807, 2.05) is 19.1 Å². The molecule has 0 unspecified atom stereocenters. The van der Waals surface area contributed by atoms with Gasteiger partial charge in [-0.3, -0.25) is 4.79 Å². The van der Waals surface area contributed by atoms with Crippen LogP contribution in [0.2, 0.25) is 5.02 Å². The highest BCUT2D eigenvalue weighted by atomic mass is 35.5. The molecule has 2 aromatic rings. The average Bonchev–Trinajstić information content (AvgIpc) is 2.46. The summed E-state index contributed by atoms with van der Waals surface area (Å²) in [6.07, 6.45) is 0. The van der Waals surface area contributed by atoms with Gasteiger partial charge < -0.3 is 10.6 Å². The summed E-state index contributed by atoms with van der Waals surface area (Å²) in [5, 5.41) is 0.612. The Morgan fingerprint density at radius 2 is 2.05 bits per heavy atom. The summed E-state index contributed by atoms with van der Waals surface area (Å²) in [5.74, 6) is -0.777. The number of nitrogen functional groups attached to an aromatic ring is 1. The van der Waals surface area contributed by atoms with Crippen molar-refractivity contribution in [2.45, 2.75) is 13.5 Å². The van der Waals surface area contributed by atoms with E-state index in [0.29, 0.717) is 18.1 Å². The van der Waals surface area contributed by atoms with E-state index in [1.165, 1.54) is 12.1 Å². The van der Waals surface area contributed by atoms with Gasteiger partial charge in [-0.1, -0.05) is 23.7 Å². The number of hydrogen-bond acceptors (Lipinski definition) is 2. The van der Waals surface area contributed by atoms with Gasteiger partial charge >= 0.3 is 0 Å². The number of halogens is 2. The normalized spacial score (nSPS) is 10.4. The van der Waals surface area contributed by atoms with Crippen LogP contribution >= 0.6 is 11.6 Å².